The molecule has 6 heteroatoms. The number of nitrogens with two attached hydrogens (primary N) is 1. The molecule has 1 aromatic heterocycles. The van der Waals surface area contributed by atoms with E-state index in [1.165, 1.54) is 6.42 Å². The number of fused-ring (bicyclic) bond motifs is 1. The van der Waals surface area contributed by atoms with Crippen LogP contribution in [0.5, 0.6) is 5.75 Å². The van der Waals surface area contributed by atoms with Crippen LogP contribution in [0.2, 0.25) is 0 Å². The fourth-order valence-corrected chi connectivity index (χ4v) is 3.99. The molecule has 0 spiro atoms. The molecule has 1 heterocycles. The van der Waals surface area contributed by atoms with E-state index < -0.39 is 5.63 Å². The maximum absolute atomic E-state index is 12.4. The Morgan fingerprint density at radius 3 is 2.85 bits per heavy atom. The number of benzene rings is 1. The van der Waals surface area contributed by atoms with E-state index in [0.29, 0.717) is 35.8 Å². The molecular weight excluding hydrogens is 344 g/mol. The summed E-state index contributed by atoms with van der Waals surface area (Å²) < 4.78 is 10.6. The summed E-state index contributed by atoms with van der Waals surface area (Å²) in [5.41, 5.74) is 7.35. The monoisotopic (exact) mass is 372 g/mol. The number of carbonyl (C=O) groups is 1. The van der Waals surface area contributed by atoms with Crippen LogP contribution in [-0.4, -0.2) is 25.6 Å². The maximum Gasteiger partial charge on any atom is 0.339 e. The lowest BCUT2D eigenvalue weighted by Crippen LogP contribution is -2.44. The van der Waals surface area contributed by atoms with Crippen LogP contribution in [0.25, 0.3) is 11.0 Å². The Bertz CT molecular complexity index is 874. The van der Waals surface area contributed by atoms with Crippen molar-refractivity contribution in [1.29, 1.82) is 0 Å². The van der Waals surface area contributed by atoms with Gasteiger partial charge in [-0.25, -0.2) is 4.79 Å². The minimum atomic E-state index is -0.390. The molecule has 2 aromatic rings. The van der Waals surface area contributed by atoms with Crippen molar-refractivity contribution in [3.8, 4) is 5.75 Å². The number of methoxy groups -OCH3 is 1. The Balaban J connectivity index is 1.71. The van der Waals surface area contributed by atoms with Crippen molar-refractivity contribution in [2.24, 2.45) is 11.7 Å². The zero-order valence-corrected chi connectivity index (χ0v) is 16.0. The molecule has 3 rings (SSSR count). The molecule has 1 aromatic carbocycles. The zero-order chi connectivity index (χ0) is 19.4. The number of carbonyl (C=O) groups excluding carboxylic acids is 1. The highest BCUT2D eigenvalue weighted by atomic mass is 16.5. The smallest absolute Gasteiger partial charge is 0.339 e. The summed E-state index contributed by atoms with van der Waals surface area (Å²) >= 11 is 0. The number of nitrogens with one attached hydrogen (secondary N) is 1. The first-order valence-corrected chi connectivity index (χ1v) is 9.63. The molecule has 1 aliphatic rings. The number of hydrogen-bond donors (Lipinski definition) is 2. The molecule has 3 N–H and O–H groups in total. The van der Waals surface area contributed by atoms with Crippen LogP contribution >= 0.6 is 0 Å². The summed E-state index contributed by atoms with van der Waals surface area (Å²) in [5, 5.41) is 3.98. The van der Waals surface area contributed by atoms with E-state index in [-0.39, 0.29) is 18.4 Å². The summed E-state index contributed by atoms with van der Waals surface area (Å²) in [6, 6.07) is 5.57. The molecule has 1 amide bonds. The molecule has 27 heavy (non-hydrogen) atoms. The molecular formula is C21H28N2O4. The third-order valence-electron chi connectivity index (χ3n) is 5.65. The van der Waals surface area contributed by atoms with Crippen LogP contribution < -0.4 is 21.4 Å². The van der Waals surface area contributed by atoms with Gasteiger partial charge in [-0.2, -0.15) is 0 Å². The molecule has 2 atom stereocenters. The molecule has 1 saturated carbocycles. The van der Waals surface area contributed by atoms with Crippen LogP contribution in [0.1, 0.15) is 43.2 Å². The van der Waals surface area contributed by atoms with Gasteiger partial charge in [-0.1, -0.05) is 12.8 Å². The first kappa shape index (κ1) is 19.4. The van der Waals surface area contributed by atoms with E-state index in [1.807, 2.05) is 19.1 Å². The van der Waals surface area contributed by atoms with Gasteiger partial charge in [0, 0.05) is 29.5 Å². The van der Waals surface area contributed by atoms with E-state index in [2.05, 4.69) is 5.32 Å². The number of aryl methyl sites for hydroxylation is 1. The van der Waals surface area contributed by atoms with E-state index in [1.54, 1.807) is 13.2 Å². The van der Waals surface area contributed by atoms with Gasteiger partial charge in [-0.3, -0.25) is 4.79 Å². The lowest BCUT2D eigenvalue weighted by atomic mass is 9.84. The minimum Gasteiger partial charge on any atom is -0.497 e. The normalized spacial score (nSPS) is 19.8. The molecule has 2 unspecified atom stereocenters. The van der Waals surface area contributed by atoms with Gasteiger partial charge >= 0.3 is 5.63 Å². The summed E-state index contributed by atoms with van der Waals surface area (Å²) in [4.78, 5) is 24.8. The van der Waals surface area contributed by atoms with Gasteiger partial charge in [0.15, 0.2) is 0 Å². The Kier molecular flexibility index (Phi) is 6.16. The van der Waals surface area contributed by atoms with Crippen LogP contribution in [-0.2, 0) is 11.2 Å². The molecule has 0 aliphatic heterocycles. The third kappa shape index (κ3) is 4.33. The van der Waals surface area contributed by atoms with Crippen LogP contribution in [0.3, 0.4) is 0 Å². The number of hydrogen-bond acceptors (Lipinski definition) is 5. The molecule has 146 valence electrons. The fraction of sp³-hybridized carbons (Fsp3) is 0.524. The van der Waals surface area contributed by atoms with Crippen molar-refractivity contribution in [2.75, 3.05) is 13.7 Å². The Morgan fingerprint density at radius 2 is 2.11 bits per heavy atom. The van der Waals surface area contributed by atoms with Crippen LogP contribution in [0, 0.1) is 12.8 Å². The Morgan fingerprint density at radius 1 is 1.33 bits per heavy atom. The van der Waals surface area contributed by atoms with Crippen LogP contribution in [0.15, 0.2) is 27.4 Å². The van der Waals surface area contributed by atoms with Gasteiger partial charge in [0.2, 0.25) is 5.91 Å². The second-order valence-electron chi connectivity index (χ2n) is 7.31. The van der Waals surface area contributed by atoms with E-state index >= 15 is 0 Å². The van der Waals surface area contributed by atoms with Crippen LogP contribution in [0.4, 0.5) is 0 Å². The minimum absolute atomic E-state index is 0.0334. The fourth-order valence-electron chi connectivity index (χ4n) is 3.99. The largest absolute Gasteiger partial charge is 0.497 e. The molecule has 0 radical (unpaired) electrons. The highest BCUT2D eigenvalue weighted by Crippen LogP contribution is 2.25. The summed E-state index contributed by atoms with van der Waals surface area (Å²) in [6.45, 7) is 2.49. The van der Waals surface area contributed by atoms with Crippen molar-refractivity contribution in [3.63, 3.8) is 0 Å². The van der Waals surface area contributed by atoms with Crippen molar-refractivity contribution >= 4 is 16.9 Å². The average Bonchev–Trinajstić information content (AvgIpc) is 2.67. The predicted molar refractivity (Wildman–Crippen MR) is 105 cm³/mol. The van der Waals surface area contributed by atoms with Crippen molar-refractivity contribution in [1.82, 2.24) is 5.32 Å². The van der Waals surface area contributed by atoms with E-state index in [4.69, 9.17) is 14.9 Å². The van der Waals surface area contributed by atoms with Crippen molar-refractivity contribution in [3.05, 3.63) is 39.7 Å². The highest BCUT2D eigenvalue weighted by molar-refractivity contribution is 5.82. The first-order chi connectivity index (χ1) is 13.0. The summed E-state index contributed by atoms with van der Waals surface area (Å²) in [6.07, 6.45) is 4.97. The lowest BCUT2D eigenvalue weighted by molar-refractivity contribution is -0.122. The lowest BCUT2D eigenvalue weighted by Gasteiger charge is -2.31. The highest BCUT2D eigenvalue weighted by Gasteiger charge is 2.25. The van der Waals surface area contributed by atoms with Gasteiger partial charge < -0.3 is 20.2 Å². The summed E-state index contributed by atoms with van der Waals surface area (Å²) in [5.74, 6) is 0.957. The molecule has 1 aliphatic carbocycles. The average molecular weight is 372 g/mol. The third-order valence-corrected chi connectivity index (χ3v) is 5.65. The zero-order valence-electron chi connectivity index (χ0n) is 16.0. The second kappa shape index (κ2) is 8.57. The Hall–Kier alpha value is -2.34. The molecule has 0 saturated heterocycles. The second-order valence-corrected chi connectivity index (χ2v) is 7.31. The van der Waals surface area contributed by atoms with E-state index in [0.717, 1.165) is 30.2 Å². The van der Waals surface area contributed by atoms with Gasteiger partial charge in [0.1, 0.15) is 11.3 Å². The predicted octanol–water partition coefficient (Wildman–Crippen LogP) is 2.68. The maximum atomic E-state index is 12.4. The Labute approximate surface area is 159 Å². The molecule has 1 fully saturated rings. The number of ether oxygens (including phenoxy) is 1. The van der Waals surface area contributed by atoms with Gasteiger partial charge in [0.25, 0.3) is 0 Å². The van der Waals surface area contributed by atoms with E-state index in [9.17, 15) is 9.59 Å². The van der Waals surface area contributed by atoms with Crippen molar-refractivity contribution < 1.29 is 13.9 Å². The van der Waals surface area contributed by atoms with Gasteiger partial charge in [-0.05, 0) is 56.3 Å². The topological polar surface area (TPSA) is 94.6 Å². The number of rotatable bonds is 6. The SMILES string of the molecule is COc1ccc2c(C)c(CCC(=O)NC3CCCCC3CN)c(=O)oc2c1. The van der Waals surface area contributed by atoms with Gasteiger partial charge in [-0.15, -0.1) is 0 Å². The van der Waals surface area contributed by atoms with Gasteiger partial charge in [0.05, 0.1) is 7.11 Å². The summed E-state index contributed by atoms with van der Waals surface area (Å²) in [7, 11) is 1.57. The van der Waals surface area contributed by atoms with Crippen molar-refractivity contribution in [2.45, 2.75) is 51.5 Å². The quantitative estimate of drug-likeness (QED) is 0.760. The number of amides is 1. The molecule has 0 bridgehead atoms. The standard InChI is InChI=1S/C21H28N2O4/c1-13-16-8-7-15(26-2)11-19(16)27-21(25)17(13)9-10-20(24)23-18-6-4-3-5-14(18)12-22/h7-8,11,14,18H,3-6,9-10,12,22H2,1-2H3,(H,23,24). The molecule has 6 nitrogen and oxygen atoms in total. The first-order valence-electron chi connectivity index (χ1n) is 9.63.